The summed E-state index contributed by atoms with van der Waals surface area (Å²) in [6, 6.07) is 8.62. The van der Waals surface area contributed by atoms with E-state index in [-0.39, 0.29) is 12.3 Å². The predicted molar refractivity (Wildman–Crippen MR) is 122 cm³/mol. The molecule has 0 atom stereocenters. The number of rotatable bonds is 7. The fourth-order valence-electron chi connectivity index (χ4n) is 3.31. The first-order chi connectivity index (χ1) is 14.6. The first kappa shape index (κ1) is 21.0. The Morgan fingerprint density at radius 3 is 2.60 bits per heavy atom. The van der Waals surface area contributed by atoms with E-state index in [1.54, 1.807) is 11.3 Å². The van der Waals surface area contributed by atoms with Gasteiger partial charge in [0, 0.05) is 43.7 Å². The third-order valence-electron chi connectivity index (χ3n) is 5.11. The molecule has 0 bridgehead atoms. The van der Waals surface area contributed by atoms with Crippen molar-refractivity contribution < 1.29 is 4.79 Å². The van der Waals surface area contributed by atoms with E-state index in [9.17, 15) is 4.79 Å². The molecule has 1 fully saturated rings. The maximum Gasteiger partial charge on any atom is 0.232 e. The summed E-state index contributed by atoms with van der Waals surface area (Å²) in [5.74, 6) is -0.117. The molecule has 3 heterocycles. The molecule has 0 aliphatic carbocycles. The molecule has 7 nitrogen and oxygen atoms in total. The van der Waals surface area contributed by atoms with Crippen molar-refractivity contribution in [3.8, 4) is 10.6 Å². The van der Waals surface area contributed by atoms with Gasteiger partial charge >= 0.3 is 0 Å². The highest BCUT2D eigenvalue weighted by Crippen LogP contribution is 2.25. The fourth-order valence-corrected chi connectivity index (χ4v) is 4.83. The van der Waals surface area contributed by atoms with Crippen molar-refractivity contribution in [1.29, 1.82) is 0 Å². The fraction of sp³-hybridized carbons (Fsp3) is 0.429. The van der Waals surface area contributed by atoms with Gasteiger partial charge in [-0.3, -0.25) is 9.69 Å². The Hall–Kier alpha value is -2.20. The Kier molecular flexibility index (Phi) is 6.83. The summed E-state index contributed by atoms with van der Waals surface area (Å²) >= 11 is 2.98. The second kappa shape index (κ2) is 9.74. The van der Waals surface area contributed by atoms with Crippen molar-refractivity contribution in [2.24, 2.45) is 0 Å². The monoisotopic (exact) mass is 442 g/mol. The van der Waals surface area contributed by atoms with Crippen LogP contribution in [0.1, 0.15) is 23.2 Å². The number of amides is 1. The van der Waals surface area contributed by atoms with E-state index in [0.29, 0.717) is 5.13 Å². The van der Waals surface area contributed by atoms with Crippen molar-refractivity contribution in [3.05, 3.63) is 45.9 Å². The highest BCUT2D eigenvalue weighted by atomic mass is 32.1. The molecule has 30 heavy (non-hydrogen) atoms. The standard InChI is InChI=1S/C21H26N6OS2/c1-3-19-24-25-21(30-19)23-18(28)12-17-14-29-20(22-17)16-6-4-15(5-7-16)13-27-10-8-26(2)9-11-27/h4-7,14H,3,8-13H2,1-2H3,(H,23,25,28). The topological polar surface area (TPSA) is 74.2 Å². The molecule has 0 radical (unpaired) electrons. The number of thiazole rings is 1. The number of hydrogen-bond donors (Lipinski definition) is 1. The van der Waals surface area contributed by atoms with Crippen molar-refractivity contribution in [1.82, 2.24) is 25.0 Å². The first-order valence-corrected chi connectivity index (χ1v) is 11.9. The Bertz CT molecular complexity index is 976. The average molecular weight is 443 g/mol. The van der Waals surface area contributed by atoms with Gasteiger partial charge in [-0.25, -0.2) is 4.98 Å². The van der Waals surface area contributed by atoms with E-state index < -0.39 is 0 Å². The second-order valence-electron chi connectivity index (χ2n) is 7.50. The molecule has 0 unspecified atom stereocenters. The van der Waals surface area contributed by atoms with Crippen molar-refractivity contribution in [2.45, 2.75) is 26.3 Å². The van der Waals surface area contributed by atoms with Crippen LogP contribution in [0.15, 0.2) is 29.6 Å². The summed E-state index contributed by atoms with van der Waals surface area (Å²) in [6.07, 6.45) is 1.05. The Morgan fingerprint density at radius 2 is 1.90 bits per heavy atom. The number of carbonyl (C=O) groups excluding carboxylic acids is 1. The van der Waals surface area contributed by atoms with Crippen LogP contribution in [0.5, 0.6) is 0 Å². The van der Waals surface area contributed by atoms with Crippen LogP contribution in [0.4, 0.5) is 5.13 Å². The molecular weight excluding hydrogens is 416 g/mol. The van der Waals surface area contributed by atoms with E-state index >= 15 is 0 Å². The van der Waals surface area contributed by atoms with Crippen molar-refractivity contribution >= 4 is 33.7 Å². The highest BCUT2D eigenvalue weighted by molar-refractivity contribution is 7.15. The molecule has 158 valence electrons. The van der Waals surface area contributed by atoms with Crippen LogP contribution >= 0.6 is 22.7 Å². The van der Waals surface area contributed by atoms with Crippen LogP contribution in [0.25, 0.3) is 10.6 Å². The predicted octanol–water partition coefficient (Wildman–Crippen LogP) is 3.15. The summed E-state index contributed by atoms with van der Waals surface area (Å²) in [4.78, 5) is 21.8. The normalized spacial score (nSPS) is 15.4. The molecule has 3 aromatic rings. The SMILES string of the molecule is CCc1nnc(NC(=O)Cc2csc(-c3ccc(CN4CCN(C)CC4)cc3)n2)s1. The minimum Gasteiger partial charge on any atom is -0.304 e. The molecule has 1 amide bonds. The zero-order valence-corrected chi connectivity index (χ0v) is 18.9. The number of nitrogens with zero attached hydrogens (tertiary/aromatic N) is 5. The number of aromatic nitrogens is 3. The molecule has 9 heteroatoms. The number of piperazine rings is 1. The van der Waals surface area contributed by atoms with Gasteiger partial charge in [-0.1, -0.05) is 42.5 Å². The summed E-state index contributed by atoms with van der Waals surface area (Å²) in [7, 11) is 2.18. The molecule has 1 aromatic carbocycles. The van der Waals surface area contributed by atoms with Gasteiger partial charge in [-0.15, -0.1) is 21.5 Å². The number of nitrogens with one attached hydrogen (secondary N) is 1. The molecule has 2 aromatic heterocycles. The lowest BCUT2D eigenvalue weighted by Crippen LogP contribution is -2.43. The van der Waals surface area contributed by atoms with E-state index in [0.717, 1.165) is 60.4 Å². The smallest absolute Gasteiger partial charge is 0.232 e. The lowest BCUT2D eigenvalue weighted by atomic mass is 10.1. The Morgan fingerprint density at radius 1 is 1.13 bits per heavy atom. The number of hydrogen-bond acceptors (Lipinski definition) is 8. The molecular formula is C21H26N6OS2. The summed E-state index contributed by atoms with van der Waals surface area (Å²) in [5, 5.41) is 15.2. The maximum absolute atomic E-state index is 12.3. The molecule has 1 aliphatic heterocycles. The van der Waals surface area contributed by atoms with Gasteiger partial charge in [0.15, 0.2) is 0 Å². The zero-order chi connectivity index (χ0) is 20.9. The molecule has 1 saturated heterocycles. The number of likely N-dealkylation sites (N-methyl/N-ethyl adjacent to an activating group) is 1. The third-order valence-corrected chi connectivity index (χ3v) is 7.04. The van der Waals surface area contributed by atoms with E-state index in [4.69, 9.17) is 0 Å². The van der Waals surface area contributed by atoms with Gasteiger partial charge in [0.1, 0.15) is 10.0 Å². The van der Waals surface area contributed by atoms with Crippen molar-refractivity contribution in [2.75, 3.05) is 38.5 Å². The molecule has 4 rings (SSSR count). The first-order valence-electron chi connectivity index (χ1n) is 10.2. The zero-order valence-electron chi connectivity index (χ0n) is 17.3. The quantitative estimate of drug-likeness (QED) is 0.606. The molecule has 0 spiro atoms. The lowest BCUT2D eigenvalue weighted by molar-refractivity contribution is -0.115. The highest BCUT2D eigenvalue weighted by Gasteiger charge is 2.15. The van der Waals surface area contributed by atoms with Crippen LogP contribution in [-0.2, 0) is 24.2 Å². The van der Waals surface area contributed by atoms with Crippen LogP contribution in [0, 0.1) is 0 Å². The third kappa shape index (κ3) is 5.48. The number of aryl methyl sites for hydroxylation is 1. The van der Waals surface area contributed by atoms with Gasteiger partial charge in [0.05, 0.1) is 12.1 Å². The van der Waals surface area contributed by atoms with Gasteiger partial charge < -0.3 is 10.2 Å². The van der Waals surface area contributed by atoms with E-state index in [1.807, 2.05) is 12.3 Å². The lowest BCUT2D eigenvalue weighted by Gasteiger charge is -2.32. The van der Waals surface area contributed by atoms with Crippen LogP contribution < -0.4 is 5.32 Å². The minimum atomic E-state index is -0.117. The number of benzene rings is 1. The van der Waals surface area contributed by atoms with Gasteiger partial charge in [-0.2, -0.15) is 0 Å². The number of anilines is 1. The van der Waals surface area contributed by atoms with Crippen LogP contribution in [-0.4, -0.2) is 64.1 Å². The van der Waals surface area contributed by atoms with Gasteiger partial charge in [0.2, 0.25) is 11.0 Å². The van der Waals surface area contributed by atoms with E-state index in [1.165, 1.54) is 16.9 Å². The summed E-state index contributed by atoms with van der Waals surface area (Å²) in [6.45, 7) is 7.50. The van der Waals surface area contributed by atoms with Gasteiger partial charge in [-0.05, 0) is 19.0 Å². The van der Waals surface area contributed by atoms with E-state index in [2.05, 4.69) is 61.6 Å². The second-order valence-corrected chi connectivity index (χ2v) is 9.42. The Labute approximate surface area is 184 Å². The van der Waals surface area contributed by atoms with Gasteiger partial charge in [0.25, 0.3) is 0 Å². The molecule has 0 saturated carbocycles. The average Bonchev–Trinajstić information content (AvgIpc) is 3.40. The summed E-state index contributed by atoms with van der Waals surface area (Å²) in [5.41, 5.74) is 3.18. The number of carbonyl (C=O) groups is 1. The van der Waals surface area contributed by atoms with Crippen LogP contribution in [0.3, 0.4) is 0 Å². The Balaban J connectivity index is 1.32. The minimum absolute atomic E-state index is 0.117. The summed E-state index contributed by atoms with van der Waals surface area (Å²) < 4.78 is 0. The van der Waals surface area contributed by atoms with Crippen LogP contribution in [0.2, 0.25) is 0 Å². The largest absolute Gasteiger partial charge is 0.304 e. The molecule has 1 aliphatic rings. The molecule has 1 N–H and O–H groups in total. The van der Waals surface area contributed by atoms with Crippen molar-refractivity contribution in [3.63, 3.8) is 0 Å². The maximum atomic E-state index is 12.3.